The van der Waals surface area contributed by atoms with Gasteiger partial charge in [0.05, 0.1) is 0 Å². The van der Waals surface area contributed by atoms with Crippen LogP contribution in [0.3, 0.4) is 0 Å². The normalized spacial score (nSPS) is 11.8. The average Bonchev–Trinajstić information content (AvgIpc) is 1.92. The predicted octanol–water partition coefficient (Wildman–Crippen LogP) is 2.33. The second kappa shape index (κ2) is 3.68. The molecule has 0 aliphatic rings. The molecular formula is C7H10Cl2N2Sn. The van der Waals surface area contributed by atoms with E-state index in [0.717, 1.165) is 3.71 Å². The van der Waals surface area contributed by atoms with Crippen LogP contribution >= 0.6 is 23.2 Å². The molecule has 0 aliphatic heterocycles. The molecule has 0 unspecified atom stereocenters. The molecule has 0 bridgehead atoms. The van der Waals surface area contributed by atoms with Gasteiger partial charge in [-0.3, -0.25) is 0 Å². The molecule has 0 atom stereocenters. The quantitative estimate of drug-likeness (QED) is 0.587. The van der Waals surface area contributed by atoms with E-state index in [-0.39, 0.29) is 0 Å². The minimum absolute atomic E-state index is 0.293. The van der Waals surface area contributed by atoms with Crippen LogP contribution in [0.2, 0.25) is 25.1 Å². The number of hydrogen-bond donors (Lipinski definition) is 0. The first kappa shape index (κ1) is 10.5. The zero-order chi connectivity index (χ0) is 9.35. The molecular weight excluding hydrogens is 302 g/mol. The number of aromatic nitrogens is 2. The second-order valence-electron chi connectivity index (χ2n) is 3.59. The Labute approximate surface area is 86.2 Å². The molecule has 0 radical (unpaired) electrons. The fraction of sp³-hybridized carbons (Fsp3) is 0.429. The summed E-state index contributed by atoms with van der Waals surface area (Å²) >= 11 is 9.44. The Morgan fingerprint density at radius 1 is 1.25 bits per heavy atom. The van der Waals surface area contributed by atoms with Gasteiger partial charge in [0.2, 0.25) is 0 Å². The molecule has 0 aromatic carbocycles. The van der Waals surface area contributed by atoms with Gasteiger partial charge in [0.15, 0.2) is 0 Å². The van der Waals surface area contributed by atoms with Crippen LogP contribution in [0.5, 0.6) is 0 Å². The zero-order valence-corrected chi connectivity index (χ0v) is 11.6. The third kappa shape index (κ3) is 2.47. The Morgan fingerprint density at radius 3 is 2.25 bits per heavy atom. The average molecular weight is 312 g/mol. The number of hydrogen-bond acceptors (Lipinski definition) is 2. The van der Waals surface area contributed by atoms with E-state index >= 15 is 0 Å². The molecule has 0 saturated heterocycles. The number of halogens is 2. The molecule has 0 saturated carbocycles. The molecule has 0 spiro atoms. The van der Waals surface area contributed by atoms with Crippen LogP contribution in [-0.4, -0.2) is 28.3 Å². The van der Waals surface area contributed by atoms with Gasteiger partial charge in [-0.2, -0.15) is 0 Å². The van der Waals surface area contributed by atoms with Crippen LogP contribution in [0, 0.1) is 0 Å². The van der Waals surface area contributed by atoms with Crippen molar-refractivity contribution in [3.05, 3.63) is 16.5 Å². The Kier molecular flexibility index (Phi) is 3.23. The van der Waals surface area contributed by atoms with E-state index in [0.29, 0.717) is 10.3 Å². The summed E-state index contributed by atoms with van der Waals surface area (Å²) in [6.45, 7) is 0. The molecule has 2 nitrogen and oxygen atoms in total. The van der Waals surface area contributed by atoms with Crippen molar-refractivity contribution in [3.8, 4) is 0 Å². The summed E-state index contributed by atoms with van der Waals surface area (Å²) in [7, 11) is 0. The van der Waals surface area contributed by atoms with Crippen molar-refractivity contribution in [2.24, 2.45) is 0 Å². The van der Waals surface area contributed by atoms with E-state index in [1.165, 1.54) is 0 Å². The second-order valence-corrected chi connectivity index (χ2v) is 18.5. The summed E-state index contributed by atoms with van der Waals surface area (Å²) in [4.78, 5) is 14.7. The van der Waals surface area contributed by atoms with E-state index in [9.17, 15) is 0 Å². The molecule has 0 fully saturated rings. The van der Waals surface area contributed by atoms with Gasteiger partial charge in [-0.1, -0.05) is 0 Å². The minimum atomic E-state index is -2.18. The van der Waals surface area contributed by atoms with Gasteiger partial charge in [0.1, 0.15) is 0 Å². The Morgan fingerprint density at radius 2 is 1.83 bits per heavy atom. The van der Waals surface area contributed by atoms with Crippen LogP contribution in [0.25, 0.3) is 0 Å². The monoisotopic (exact) mass is 312 g/mol. The van der Waals surface area contributed by atoms with Gasteiger partial charge >= 0.3 is 86.6 Å². The third-order valence-electron chi connectivity index (χ3n) is 1.43. The van der Waals surface area contributed by atoms with Crippen molar-refractivity contribution in [1.29, 1.82) is 0 Å². The first-order valence-corrected chi connectivity index (χ1v) is 14.3. The van der Waals surface area contributed by atoms with Crippen LogP contribution < -0.4 is 3.71 Å². The summed E-state index contributed by atoms with van der Waals surface area (Å²) in [6, 6.07) is 0. The van der Waals surface area contributed by atoms with Gasteiger partial charge in [-0.25, -0.2) is 0 Å². The molecule has 0 aliphatic carbocycles. The van der Waals surface area contributed by atoms with Crippen LogP contribution in [0.15, 0.2) is 6.20 Å². The van der Waals surface area contributed by atoms with Crippen molar-refractivity contribution < 1.29 is 0 Å². The van der Waals surface area contributed by atoms with E-state index in [1.807, 2.05) is 0 Å². The molecule has 0 amide bonds. The Balaban J connectivity index is 3.23. The van der Waals surface area contributed by atoms with Crippen molar-refractivity contribution in [1.82, 2.24) is 9.97 Å². The number of rotatable bonds is 1. The van der Waals surface area contributed by atoms with Gasteiger partial charge in [0, 0.05) is 0 Å². The van der Waals surface area contributed by atoms with E-state index in [2.05, 4.69) is 24.8 Å². The summed E-state index contributed by atoms with van der Waals surface area (Å²) in [6.07, 6.45) is 1.58. The molecule has 1 aromatic heterocycles. The van der Waals surface area contributed by atoms with Crippen molar-refractivity contribution in [3.63, 3.8) is 0 Å². The van der Waals surface area contributed by atoms with Gasteiger partial charge < -0.3 is 0 Å². The Hall–Kier alpha value is 0.459. The molecule has 1 rings (SSSR count). The molecule has 1 aromatic rings. The predicted molar refractivity (Wildman–Crippen MR) is 55.0 cm³/mol. The summed E-state index contributed by atoms with van der Waals surface area (Å²) in [5.41, 5.74) is 0. The molecule has 66 valence electrons. The molecule has 1 heterocycles. The van der Waals surface area contributed by atoms with E-state index in [1.54, 1.807) is 6.20 Å². The van der Waals surface area contributed by atoms with Crippen molar-refractivity contribution in [2.45, 2.75) is 14.8 Å². The van der Waals surface area contributed by atoms with Crippen molar-refractivity contribution >= 4 is 45.3 Å². The first-order valence-electron chi connectivity index (χ1n) is 3.60. The van der Waals surface area contributed by atoms with Gasteiger partial charge in [-0.15, -0.1) is 0 Å². The fourth-order valence-electron chi connectivity index (χ4n) is 0.872. The van der Waals surface area contributed by atoms with Gasteiger partial charge in [-0.05, 0) is 0 Å². The SMILES string of the molecule is [CH3][Sn]([CH3])([CH3])[c]1nc(Cl)ncc1Cl. The van der Waals surface area contributed by atoms with Gasteiger partial charge in [0.25, 0.3) is 0 Å². The molecule has 12 heavy (non-hydrogen) atoms. The maximum atomic E-state index is 5.95. The topological polar surface area (TPSA) is 25.8 Å². The molecule has 5 heteroatoms. The summed E-state index contributed by atoms with van der Waals surface area (Å²) < 4.78 is 0.992. The maximum absolute atomic E-state index is 5.95. The standard InChI is InChI=1S/C4HCl2N2.3CH3.Sn/c5-3-1-7-4(6)8-2-3;;;;/h1H;3*1H3;. The fourth-order valence-corrected chi connectivity index (χ4v) is 6.69. The molecule has 0 N–H and O–H groups in total. The first-order chi connectivity index (χ1) is 5.41. The van der Waals surface area contributed by atoms with E-state index in [4.69, 9.17) is 23.2 Å². The summed E-state index contributed by atoms with van der Waals surface area (Å²) in [5.74, 6) is 0. The number of nitrogens with zero attached hydrogens (tertiary/aromatic N) is 2. The van der Waals surface area contributed by atoms with Crippen LogP contribution in [0.4, 0.5) is 0 Å². The van der Waals surface area contributed by atoms with Crippen molar-refractivity contribution in [2.75, 3.05) is 0 Å². The van der Waals surface area contributed by atoms with Crippen LogP contribution in [0.1, 0.15) is 0 Å². The summed E-state index contributed by atoms with van der Waals surface area (Å²) in [5, 5.41) is 0.948. The third-order valence-corrected chi connectivity index (χ3v) is 7.48. The van der Waals surface area contributed by atoms with E-state index < -0.39 is 18.4 Å². The Bertz CT molecular complexity index is 296. The van der Waals surface area contributed by atoms with Crippen LogP contribution in [-0.2, 0) is 0 Å². The zero-order valence-electron chi connectivity index (χ0n) is 7.23.